The van der Waals surface area contributed by atoms with E-state index in [1.54, 1.807) is 6.21 Å². The van der Waals surface area contributed by atoms with Crippen molar-refractivity contribution in [3.05, 3.63) is 95.6 Å². The van der Waals surface area contributed by atoms with Gasteiger partial charge in [-0.25, -0.2) is 5.43 Å². The fourth-order valence-corrected chi connectivity index (χ4v) is 2.78. The maximum absolute atomic E-state index is 12.0. The van der Waals surface area contributed by atoms with Crippen LogP contribution in [0.15, 0.2) is 84.0 Å². The number of rotatable bonds is 9. The number of carbonyl (C=O) groups excluding carboxylic acids is 2. The summed E-state index contributed by atoms with van der Waals surface area (Å²) in [5.41, 5.74) is 6.09. The quantitative estimate of drug-likeness (QED) is 0.400. The Bertz CT molecular complexity index is 1030. The van der Waals surface area contributed by atoms with Crippen LogP contribution in [-0.2, 0) is 16.2 Å². The largest absolute Gasteiger partial charge is 0.489 e. The van der Waals surface area contributed by atoms with Crippen LogP contribution >= 0.6 is 0 Å². The molecule has 2 N–H and O–H groups in total. The molecule has 0 unspecified atom stereocenters. The number of nitrogens with one attached hydrogen (secondary N) is 2. The molecular formula is C25H25N3O3. The van der Waals surface area contributed by atoms with E-state index in [2.05, 4.69) is 15.8 Å². The van der Waals surface area contributed by atoms with Crippen molar-refractivity contribution in [2.24, 2.45) is 5.10 Å². The number of hydrazone groups is 1. The van der Waals surface area contributed by atoms with E-state index in [1.165, 1.54) is 0 Å². The summed E-state index contributed by atoms with van der Waals surface area (Å²) in [5.74, 6) is 0.225. The van der Waals surface area contributed by atoms with Crippen molar-refractivity contribution in [2.75, 3.05) is 5.32 Å². The molecule has 0 spiro atoms. The van der Waals surface area contributed by atoms with Crippen LogP contribution in [0.1, 0.15) is 29.5 Å². The molecule has 0 saturated heterocycles. The highest BCUT2D eigenvalue weighted by Gasteiger charge is 2.07. The summed E-state index contributed by atoms with van der Waals surface area (Å²) in [5, 5.41) is 6.75. The Kier molecular flexibility index (Phi) is 7.94. The van der Waals surface area contributed by atoms with E-state index in [0.29, 0.717) is 6.61 Å². The Morgan fingerprint density at radius 1 is 0.871 bits per heavy atom. The first-order chi connectivity index (χ1) is 15.1. The summed E-state index contributed by atoms with van der Waals surface area (Å²) in [6.45, 7) is 2.42. The Morgan fingerprint density at radius 2 is 1.55 bits per heavy atom. The summed E-state index contributed by atoms with van der Waals surface area (Å²) >= 11 is 0. The number of benzene rings is 3. The van der Waals surface area contributed by atoms with E-state index in [-0.39, 0.29) is 24.7 Å². The number of para-hydroxylation sites is 1. The third-order valence-corrected chi connectivity index (χ3v) is 4.53. The third kappa shape index (κ3) is 7.44. The zero-order chi connectivity index (χ0) is 21.9. The number of nitrogens with zero attached hydrogens (tertiary/aromatic N) is 1. The summed E-state index contributed by atoms with van der Waals surface area (Å²) in [4.78, 5) is 23.9. The van der Waals surface area contributed by atoms with Gasteiger partial charge in [-0.2, -0.15) is 5.10 Å². The van der Waals surface area contributed by atoms with Crippen LogP contribution in [0.5, 0.6) is 5.75 Å². The van der Waals surface area contributed by atoms with Gasteiger partial charge in [0.15, 0.2) is 0 Å². The Balaban J connectivity index is 1.38. The number of anilines is 1. The second-order valence-electron chi connectivity index (χ2n) is 7.00. The number of amides is 2. The van der Waals surface area contributed by atoms with E-state index in [1.807, 2.05) is 85.8 Å². The summed E-state index contributed by atoms with van der Waals surface area (Å²) in [6, 6.07) is 24.8. The standard InChI is InChI=1S/C25H25N3O3/c1-19-7-5-6-10-23(19)27-24(29)15-16-25(30)28-26-17-20-11-13-22(14-12-20)31-18-21-8-3-2-4-9-21/h2-14,17H,15-16,18H2,1H3,(H,27,29)(H,28,30)/b26-17+. The molecule has 31 heavy (non-hydrogen) atoms. The smallest absolute Gasteiger partial charge is 0.240 e. The molecular weight excluding hydrogens is 390 g/mol. The third-order valence-electron chi connectivity index (χ3n) is 4.53. The summed E-state index contributed by atoms with van der Waals surface area (Å²) in [6.07, 6.45) is 1.69. The van der Waals surface area contributed by atoms with Crippen LogP contribution in [0.4, 0.5) is 5.69 Å². The molecule has 6 heteroatoms. The first kappa shape index (κ1) is 21.8. The zero-order valence-corrected chi connectivity index (χ0v) is 17.4. The van der Waals surface area contributed by atoms with Crippen molar-refractivity contribution >= 4 is 23.7 Å². The lowest BCUT2D eigenvalue weighted by molar-refractivity contribution is -0.124. The number of aryl methyl sites for hydroxylation is 1. The highest BCUT2D eigenvalue weighted by atomic mass is 16.5. The highest BCUT2D eigenvalue weighted by Crippen LogP contribution is 2.14. The molecule has 0 aliphatic rings. The van der Waals surface area contributed by atoms with Gasteiger partial charge in [0.25, 0.3) is 0 Å². The molecule has 3 aromatic carbocycles. The lowest BCUT2D eigenvalue weighted by atomic mass is 10.2. The summed E-state index contributed by atoms with van der Waals surface area (Å²) < 4.78 is 5.74. The fraction of sp³-hybridized carbons (Fsp3) is 0.160. The predicted molar refractivity (Wildman–Crippen MR) is 122 cm³/mol. The lowest BCUT2D eigenvalue weighted by Gasteiger charge is -2.07. The maximum atomic E-state index is 12.0. The molecule has 0 heterocycles. The van der Waals surface area contributed by atoms with Gasteiger partial charge in [-0.15, -0.1) is 0 Å². The van der Waals surface area contributed by atoms with Crippen LogP contribution < -0.4 is 15.5 Å². The van der Waals surface area contributed by atoms with Gasteiger partial charge < -0.3 is 10.1 Å². The van der Waals surface area contributed by atoms with Gasteiger partial charge in [0.2, 0.25) is 11.8 Å². The molecule has 0 radical (unpaired) electrons. The van der Waals surface area contributed by atoms with Gasteiger partial charge in [-0.1, -0.05) is 48.5 Å². The van der Waals surface area contributed by atoms with E-state index in [0.717, 1.165) is 28.1 Å². The van der Waals surface area contributed by atoms with Crippen LogP contribution in [0.3, 0.4) is 0 Å². The van der Waals surface area contributed by atoms with Gasteiger partial charge in [-0.05, 0) is 53.9 Å². The van der Waals surface area contributed by atoms with Crippen molar-refractivity contribution in [3.63, 3.8) is 0 Å². The molecule has 0 atom stereocenters. The number of ether oxygens (including phenoxy) is 1. The minimum absolute atomic E-state index is 0.0569. The molecule has 0 fully saturated rings. The SMILES string of the molecule is Cc1ccccc1NC(=O)CCC(=O)N/N=C/c1ccc(OCc2ccccc2)cc1. The zero-order valence-electron chi connectivity index (χ0n) is 17.4. The second-order valence-corrected chi connectivity index (χ2v) is 7.00. The lowest BCUT2D eigenvalue weighted by Crippen LogP contribution is -2.20. The van der Waals surface area contributed by atoms with Crippen molar-refractivity contribution in [2.45, 2.75) is 26.4 Å². The van der Waals surface area contributed by atoms with Gasteiger partial charge in [-0.3, -0.25) is 9.59 Å². The first-order valence-corrected chi connectivity index (χ1v) is 10.0. The van der Waals surface area contributed by atoms with Crippen LogP contribution in [0, 0.1) is 6.92 Å². The van der Waals surface area contributed by atoms with Gasteiger partial charge in [0, 0.05) is 18.5 Å². The molecule has 3 aromatic rings. The molecule has 0 aliphatic carbocycles. The van der Waals surface area contributed by atoms with E-state index in [9.17, 15) is 9.59 Å². The molecule has 2 amide bonds. The second kappa shape index (κ2) is 11.3. The fourth-order valence-electron chi connectivity index (χ4n) is 2.78. The molecule has 158 valence electrons. The molecule has 0 aromatic heterocycles. The minimum Gasteiger partial charge on any atom is -0.489 e. The van der Waals surface area contributed by atoms with E-state index < -0.39 is 0 Å². The van der Waals surface area contributed by atoms with Gasteiger partial charge in [0.1, 0.15) is 12.4 Å². The first-order valence-electron chi connectivity index (χ1n) is 10.0. The number of hydrogen-bond acceptors (Lipinski definition) is 4. The highest BCUT2D eigenvalue weighted by molar-refractivity contribution is 5.94. The molecule has 0 bridgehead atoms. The van der Waals surface area contributed by atoms with E-state index in [4.69, 9.17) is 4.74 Å². The molecule has 3 rings (SSSR count). The van der Waals surface area contributed by atoms with Crippen LogP contribution in [-0.4, -0.2) is 18.0 Å². The van der Waals surface area contributed by atoms with Crippen LogP contribution in [0.25, 0.3) is 0 Å². The van der Waals surface area contributed by atoms with Crippen molar-refractivity contribution in [1.29, 1.82) is 0 Å². The Labute approximate surface area is 182 Å². The van der Waals surface area contributed by atoms with Gasteiger partial charge in [0.05, 0.1) is 6.21 Å². The molecule has 0 aliphatic heterocycles. The number of hydrogen-bond donors (Lipinski definition) is 2. The maximum Gasteiger partial charge on any atom is 0.240 e. The minimum atomic E-state index is -0.320. The van der Waals surface area contributed by atoms with Crippen molar-refractivity contribution in [1.82, 2.24) is 5.43 Å². The van der Waals surface area contributed by atoms with E-state index >= 15 is 0 Å². The predicted octanol–water partition coefficient (Wildman–Crippen LogP) is 4.44. The van der Waals surface area contributed by atoms with Gasteiger partial charge >= 0.3 is 0 Å². The average Bonchev–Trinajstić information content (AvgIpc) is 2.79. The van der Waals surface area contributed by atoms with Crippen LogP contribution in [0.2, 0.25) is 0 Å². The normalized spacial score (nSPS) is 10.6. The monoisotopic (exact) mass is 415 g/mol. The molecule has 0 saturated carbocycles. The Hall–Kier alpha value is -3.93. The van der Waals surface area contributed by atoms with Crippen molar-refractivity contribution in [3.8, 4) is 5.75 Å². The number of carbonyl (C=O) groups is 2. The molecule has 6 nitrogen and oxygen atoms in total. The Morgan fingerprint density at radius 3 is 2.29 bits per heavy atom. The van der Waals surface area contributed by atoms with Crippen molar-refractivity contribution < 1.29 is 14.3 Å². The summed E-state index contributed by atoms with van der Waals surface area (Å²) in [7, 11) is 0. The topological polar surface area (TPSA) is 79.8 Å². The average molecular weight is 415 g/mol.